The van der Waals surface area contributed by atoms with Gasteiger partial charge in [-0.3, -0.25) is 9.10 Å². The number of sulfonamides is 1. The monoisotopic (exact) mass is 434 g/mol. The molecule has 4 rings (SSSR count). The number of carbonyl (C=O) groups is 1. The van der Waals surface area contributed by atoms with E-state index >= 15 is 0 Å². The van der Waals surface area contributed by atoms with E-state index in [2.05, 4.69) is 17.4 Å². The Kier molecular flexibility index (Phi) is 6.09. The Bertz CT molecular complexity index is 1160. The molecule has 31 heavy (non-hydrogen) atoms. The van der Waals surface area contributed by atoms with E-state index in [1.54, 1.807) is 61.5 Å². The molecule has 160 valence electrons. The highest BCUT2D eigenvalue weighted by Gasteiger charge is 2.24. The number of fused-ring (bicyclic) bond motifs is 1. The number of aryl methyl sites for hydroxylation is 1. The zero-order chi connectivity index (χ0) is 21.8. The lowest BCUT2D eigenvalue weighted by Gasteiger charge is -2.26. The van der Waals surface area contributed by atoms with Crippen LogP contribution >= 0.6 is 0 Å². The lowest BCUT2D eigenvalue weighted by molar-refractivity contribution is 0.0933. The number of nitrogens with one attached hydrogen (secondary N) is 1. The van der Waals surface area contributed by atoms with E-state index in [0.29, 0.717) is 17.8 Å². The summed E-state index contributed by atoms with van der Waals surface area (Å²) in [6, 6.07) is 23.3. The molecule has 3 aromatic rings. The van der Waals surface area contributed by atoms with E-state index in [1.807, 2.05) is 12.1 Å². The molecule has 6 heteroatoms. The van der Waals surface area contributed by atoms with Crippen molar-refractivity contribution in [3.05, 3.63) is 95.6 Å². The summed E-state index contributed by atoms with van der Waals surface area (Å²) in [5.41, 5.74) is 3.52. The topological polar surface area (TPSA) is 66.5 Å². The Morgan fingerprint density at radius 3 is 2.35 bits per heavy atom. The van der Waals surface area contributed by atoms with Crippen molar-refractivity contribution in [3.8, 4) is 0 Å². The van der Waals surface area contributed by atoms with Crippen LogP contribution in [0.15, 0.2) is 83.8 Å². The van der Waals surface area contributed by atoms with Crippen LogP contribution in [0.3, 0.4) is 0 Å². The third kappa shape index (κ3) is 4.35. The summed E-state index contributed by atoms with van der Waals surface area (Å²) in [6.07, 6.45) is 3.00. The van der Waals surface area contributed by atoms with Gasteiger partial charge in [0.1, 0.15) is 0 Å². The molecule has 0 saturated heterocycles. The van der Waals surface area contributed by atoms with Gasteiger partial charge in [-0.15, -0.1) is 0 Å². The molecule has 0 saturated carbocycles. The van der Waals surface area contributed by atoms with Crippen LogP contribution in [0.2, 0.25) is 0 Å². The fourth-order valence-corrected chi connectivity index (χ4v) is 5.63. The zero-order valence-corrected chi connectivity index (χ0v) is 18.3. The molecule has 0 aliphatic heterocycles. The number of carbonyl (C=O) groups excluding carboxylic acids is 1. The van der Waals surface area contributed by atoms with E-state index in [4.69, 9.17) is 0 Å². The molecule has 1 amide bonds. The number of anilines is 1. The zero-order valence-electron chi connectivity index (χ0n) is 17.5. The van der Waals surface area contributed by atoms with Gasteiger partial charge in [0.05, 0.1) is 16.6 Å². The largest absolute Gasteiger partial charge is 0.345 e. The molecule has 0 unspecified atom stereocenters. The van der Waals surface area contributed by atoms with Crippen molar-refractivity contribution in [1.29, 1.82) is 0 Å². The first-order valence-electron chi connectivity index (χ1n) is 10.6. The average Bonchev–Trinajstić information content (AvgIpc) is 2.80. The fraction of sp³-hybridized carbons (Fsp3) is 0.240. The lowest BCUT2D eigenvalue weighted by Crippen LogP contribution is -2.32. The van der Waals surface area contributed by atoms with E-state index in [9.17, 15) is 13.2 Å². The average molecular weight is 435 g/mol. The summed E-state index contributed by atoms with van der Waals surface area (Å²) in [4.78, 5) is 13.1. The lowest BCUT2D eigenvalue weighted by atomic mass is 9.87. The Labute approximate surface area is 183 Å². The SMILES string of the molecule is CCN(c1ccc(C(=O)N[C@H]2CCCc3ccccc32)cc1)S(=O)(=O)c1ccccc1. The van der Waals surface area contributed by atoms with Crippen molar-refractivity contribution in [2.75, 3.05) is 10.8 Å². The van der Waals surface area contributed by atoms with Crippen LogP contribution in [0.4, 0.5) is 5.69 Å². The van der Waals surface area contributed by atoms with Crippen molar-refractivity contribution in [3.63, 3.8) is 0 Å². The highest BCUT2D eigenvalue weighted by atomic mass is 32.2. The van der Waals surface area contributed by atoms with Gasteiger partial charge in [0, 0.05) is 12.1 Å². The second-order valence-corrected chi connectivity index (χ2v) is 9.51. The Morgan fingerprint density at radius 2 is 1.65 bits per heavy atom. The summed E-state index contributed by atoms with van der Waals surface area (Å²) in [7, 11) is -3.66. The molecular formula is C25H26N2O3S. The first-order valence-corrected chi connectivity index (χ1v) is 12.0. The normalized spacial score (nSPS) is 15.7. The van der Waals surface area contributed by atoms with Crippen molar-refractivity contribution < 1.29 is 13.2 Å². The van der Waals surface area contributed by atoms with Crippen LogP contribution < -0.4 is 9.62 Å². The minimum absolute atomic E-state index is 0.00252. The Balaban J connectivity index is 1.52. The second kappa shape index (κ2) is 8.94. The second-order valence-electron chi connectivity index (χ2n) is 7.65. The molecule has 0 fully saturated rings. The molecular weight excluding hydrogens is 408 g/mol. The molecule has 0 aromatic heterocycles. The van der Waals surface area contributed by atoms with Gasteiger partial charge >= 0.3 is 0 Å². The Hall–Kier alpha value is -3.12. The first-order chi connectivity index (χ1) is 15.0. The summed E-state index contributed by atoms with van der Waals surface area (Å²) < 4.78 is 27.4. The molecule has 1 N–H and O–H groups in total. The number of amides is 1. The van der Waals surface area contributed by atoms with Gasteiger partial charge in [-0.1, -0.05) is 42.5 Å². The maximum absolute atomic E-state index is 13.0. The summed E-state index contributed by atoms with van der Waals surface area (Å²) in [5.74, 6) is -0.151. The van der Waals surface area contributed by atoms with E-state index in [-0.39, 0.29) is 16.8 Å². The molecule has 0 heterocycles. The van der Waals surface area contributed by atoms with Crippen LogP contribution in [0.5, 0.6) is 0 Å². The summed E-state index contributed by atoms with van der Waals surface area (Å²) in [6.45, 7) is 2.09. The third-order valence-electron chi connectivity index (χ3n) is 5.71. The predicted octanol–water partition coefficient (Wildman–Crippen LogP) is 4.71. The van der Waals surface area contributed by atoms with Crippen molar-refractivity contribution in [2.24, 2.45) is 0 Å². The van der Waals surface area contributed by atoms with Crippen LogP contribution in [-0.4, -0.2) is 20.9 Å². The molecule has 1 atom stereocenters. The highest BCUT2D eigenvalue weighted by Crippen LogP contribution is 2.30. The van der Waals surface area contributed by atoms with Gasteiger partial charge in [0.15, 0.2) is 0 Å². The van der Waals surface area contributed by atoms with Gasteiger partial charge in [-0.05, 0) is 73.7 Å². The quantitative estimate of drug-likeness (QED) is 0.611. The van der Waals surface area contributed by atoms with Crippen molar-refractivity contribution >= 4 is 21.6 Å². The fourth-order valence-electron chi connectivity index (χ4n) is 4.14. The first kappa shape index (κ1) is 21.1. The summed E-state index contributed by atoms with van der Waals surface area (Å²) in [5, 5.41) is 3.14. The van der Waals surface area contributed by atoms with Crippen molar-refractivity contribution in [2.45, 2.75) is 37.1 Å². The molecule has 1 aliphatic rings. The maximum Gasteiger partial charge on any atom is 0.264 e. The predicted molar refractivity (Wildman–Crippen MR) is 123 cm³/mol. The summed E-state index contributed by atoms with van der Waals surface area (Å²) >= 11 is 0. The van der Waals surface area contributed by atoms with Gasteiger partial charge in [-0.2, -0.15) is 0 Å². The van der Waals surface area contributed by atoms with Gasteiger partial charge in [-0.25, -0.2) is 8.42 Å². The molecule has 0 spiro atoms. The molecule has 1 aliphatic carbocycles. The number of rotatable bonds is 6. The van der Waals surface area contributed by atoms with Gasteiger partial charge in [0.25, 0.3) is 15.9 Å². The number of hydrogen-bond acceptors (Lipinski definition) is 3. The molecule has 5 nitrogen and oxygen atoms in total. The number of hydrogen-bond donors (Lipinski definition) is 1. The smallest absolute Gasteiger partial charge is 0.264 e. The Morgan fingerprint density at radius 1 is 0.968 bits per heavy atom. The van der Waals surface area contributed by atoms with Crippen LogP contribution in [0, 0.1) is 0 Å². The van der Waals surface area contributed by atoms with Gasteiger partial charge < -0.3 is 5.32 Å². The van der Waals surface area contributed by atoms with E-state index in [0.717, 1.165) is 19.3 Å². The van der Waals surface area contributed by atoms with E-state index in [1.165, 1.54) is 15.4 Å². The highest BCUT2D eigenvalue weighted by molar-refractivity contribution is 7.92. The van der Waals surface area contributed by atoms with Crippen LogP contribution in [0.25, 0.3) is 0 Å². The van der Waals surface area contributed by atoms with E-state index < -0.39 is 10.0 Å². The standard InChI is InChI=1S/C25H26N2O3S/c1-2-27(31(29,30)22-11-4-3-5-12-22)21-17-15-20(16-18-21)25(28)26-24-14-8-10-19-9-6-7-13-23(19)24/h3-7,9,11-13,15-18,24H,2,8,10,14H2,1H3,(H,26,28)/t24-/m0/s1. The minimum Gasteiger partial charge on any atom is -0.345 e. The van der Waals surface area contributed by atoms with Crippen LogP contribution in [-0.2, 0) is 16.4 Å². The van der Waals surface area contributed by atoms with Crippen LogP contribution in [0.1, 0.15) is 47.3 Å². The minimum atomic E-state index is -3.66. The number of benzene rings is 3. The molecule has 3 aromatic carbocycles. The maximum atomic E-state index is 13.0. The third-order valence-corrected chi connectivity index (χ3v) is 7.63. The van der Waals surface area contributed by atoms with Gasteiger partial charge in [0.2, 0.25) is 0 Å². The number of nitrogens with zero attached hydrogens (tertiary/aromatic N) is 1. The van der Waals surface area contributed by atoms with Crippen molar-refractivity contribution in [1.82, 2.24) is 5.32 Å². The molecule has 0 radical (unpaired) electrons. The molecule has 0 bridgehead atoms.